The summed E-state index contributed by atoms with van der Waals surface area (Å²) in [6, 6.07) is 8.05. The largest absolute Gasteiger partial charge is 0.493 e. The van der Waals surface area contributed by atoms with Crippen molar-refractivity contribution in [3.8, 4) is 11.5 Å². The van der Waals surface area contributed by atoms with Crippen molar-refractivity contribution >= 4 is 17.8 Å². The molecule has 0 unspecified atom stereocenters. The van der Waals surface area contributed by atoms with Crippen LogP contribution in [0.5, 0.6) is 11.5 Å². The minimum absolute atomic E-state index is 0.0487. The average molecular weight is 363 g/mol. The number of carbonyl (C=O) groups is 1. The second-order valence-corrected chi connectivity index (χ2v) is 5.96. The Labute approximate surface area is 150 Å². The van der Waals surface area contributed by atoms with Crippen molar-refractivity contribution in [2.75, 3.05) is 20.2 Å². The van der Waals surface area contributed by atoms with Crippen molar-refractivity contribution < 1.29 is 18.5 Å². The third kappa shape index (κ3) is 4.87. The van der Waals surface area contributed by atoms with Crippen molar-refractivity contribution in [1.29, 1.82) is 0 Å². The molecule has 7 heteroatoms. The van der Waals surface area contributed by atoms with Crippen molar-refractivity contribution in [2.45, 2.75) is 20.4 Å². The smallest absolute Gasteiger partial charge is 0.201 e. The van der Waals surface area contributed by atoms with Crippen molar-refractivity contribution in [1.82, 2.24) is 4.57 Å². The van der Waals surface area contributed by atoms with Gasteiger partial charge in [0.1, 0.15) is 0 Å². The van der Waals surface area contributed by atoms with E-state index in [2.05, 4.69) is 0 Å². The zero-order chi connectivity index (χ0) is 18.4. The van der Waals surface area contributed by atoms with Gasteiger partial charge in [-0.2, -0.15) is 0 Å². The summed E-state index contributed by atoms with van der Waals surface area (Å²) >= 11 is 1.19. The third-order valence-electron chi connectivity index (χ3n) is 3.72. The van der Waals surface area contributed by atoms with Gasteiger partial charge in [0.05, 0.1) is 13.7 Å². The van der Waals surface area contributed by atoms with Gasteiger partial charge >= 0.3 is 0 Å². The van der Waals surface area contributed by atoms with Gasteiger partial charge in [0.25, 0.3) is 0 Å². The minimum atomic E-state index is -0.0897. The highest BCUT2D eigenvalue weighted by molar-refractivity contribution is 7.93. The summed E-state index contributed by atoms with van der Waals surface area (Å²) in [5.74, 6) is 0.876. The predicted molar refractivity (Wildman–Crippen MR) is 97.6 cm³/mol. The van der Waals surface area contributed by atoms with Crippen molar-refractivity contribution in [3.63, 3.8) is 0 Å². The summed E-state index contributed by atoms with van der Waals surface area (Å²) in [7, 11) is 1.53. The molecule has 0 fully saturated rings. The molecule has 1 heterocycles. The SMILES string of the molecule is COc1ccc(C(=O)Cn2c(C)cc(=O)cc2C)cc1OCOSC. The molecule has 0 aliphatic rings. The summed E-state index contributed by atoms with van der Waals surface area (Å²) in [6.07, 6.45) is 1.79. The van der Waals surface area contributed by atoms with E-state index in [1.807, 2.05) is 18.4 Å². The van der Waals surface area contributed by atoms with Crippen LogP contribution in [0.1, 0.15) is 21.7 Å². The number of methoxy groups -OCH3 is 1. The van der Waals surface area contributed by atoms with E-state index in [1.54, 1.807) is 24.5 Å². The molecule has 0 atom stereocenters. The van der Waals surface area contributed by atoms with Crippen LogP contribution >= 0.6 is 12.0 Å². The Balaban J connectivity index is 2.24. The summed E-state index contributed by atoms with van der Waals surface area (Å²) in [5.41, 5.74) is 1.93. The second kappa shape index (κ2) is 8.73. The lowest BCUT2D eigenvalue weighted by atomic mass is 10.1. The van der Waals surface area contributed by atoms with Gasteiger partial charge in [-0.05, 0) is 44.1 Å². The lowest BCUT2D eigenvalue weighted by Crippen LogP contribution is -2.18. The molecular weight excluding hydrogens is 342 g/mol. The Bertz CT molecular complexity index is 789. The lowest BCUT2D eigenvalue weighted by molar-refractivity contribution is 0.0968. The highest BCUT2D eigenvalue weighted by Gasteiger charge is 2.13. The van der Waals surface area contributed by atoms with E-state index in [0.29, 0.717) is 17.1 Å². The Morgan fingerprint density at radius 3 is 2.40 bits per heavy atom. The van der Waals surface area contributed by atoms with E-state index in [-0.39, 0.29) is 24.5 Å². The Kier molecular flexibility index (Phi) is 6.66. The highest BCUT2D eigenvalue weighted by atomic mass is 32.2. The maximum Gasteiger partial charge on any atom is 0.201 e. The summed E-state index contributed by atoms with van der Waals surface area (Å²) in [4.78, 5) is 24.2. The molecule has 0 bridgehead atoms. The molecule has 134 valence electrons. The van der Waals surface area contributed by atoms with Crippen LogP contribution in [-0.2, 0) is 10.7 Å². The van der Waals surface area contributed by atoms with Crippen LogP contribution < -0.4 is 14.9 Å². The first-order valence-electron chi connectivity index (χ1n) is 7.64. The fraction of sp³-hybridized carbons (Fsp3) is 0.333. The van der Waals surface area contributed by atoms with Crippen LogP contribution in [0, 0.1) is 13.8 Å². The standard InChI is InChI=1S/C18H21NO5S/c1-12-7-15(20)8-13(2)19(12)10-16(21)14-5-6-17(22-3)18(9-14)23-11-24-25-4/h5-9H,10-11H2,1-4H3. The number of aromatic nitrogens is 1. The molecule has 6 nitrogen and oxygen atoms in total. The maximum absolute atomic E-state index is 12.7. The van der Waals surface area contributed by atoms with E-state index in [9.17, 15) is 9.59 Å². The number of ketones is 1. The van der Waals surface area contributed by atoms with Gasteiger partial charge in [-0.1, -0.05) is 0 Å². The van der Waals surface area contributed by atoms with Gasteiger partial charge in [0, 0.05) is 35.3 Å². The van der Waals surface area contributed by atoms with E-state index in [4.69, 9.17) is 13.7 Å². The fourth-order valence-corrected chi connectivity index (χ4v) is 2.61. The topological polar surface area (TPSA) is 66.8 Å². The van der Waals surface area contributed by atoms with E-state index in [1.165, 1.54) is 31.3 Å². The van der Waals surface area contributed by atoms with Crippen LogP contribution in [0.15, 0.2) is 35.1 Å². The van der Waals surface area contributed by atoms with Gasteiger partial charge in [-0.25, -0.2) is 0 Å². The molecule has 0 aliphatic heterocycles. The zero-order valence-electron chi connectivity index (χ0n) is 14.7. The monoisotopic (exact) mass is 363 g/mol. The van der Waals surface area contributed by atoms with E-state index < -0.39 is 0 Å². The number of pyridine rings is 1. The van der Waals surface area contributed by atoms with E-state index in [0.717, 1.165) is 11.4 Å². The molecule has 1 aromatic carbocycles. The number of hydrogen-bond acceptors (Lipinski definition) is 6. The molecule has 0 aliphatic carbocycles. The first-order chi connectivity index (χ1) is 12.0. The highest BCUT2D eigenvalue weighted by Crippen LogP contribution is 2.28. The lowest BCUT2D eigenvalue weighted by Gasteiger charge is -2.15. The third-order valence-corrected chi connectivity index (χ3v) is 4.05. The molecule has 0 amide bonds. The van der Waals surface area contributed by atoms with Crippen molar-refractivity contribution in [3.05, 3.63) is 57.5 Å². The number of hydrogen-bond donors (Lipinski definition) is 0. The first kappa shape index (κ1) is 19.1. The maximum atomic E-state index is 12.7. The quantitative estimate of drug-likeness (QED) is 0.311. The van der Waals surface area contributed by atoms with Gasteiger partial charge in [-0.15, -0.1) is 0 Å². The molecule has 0 saturated carbocycles. The Morgan fingerprint density at radius 2 is 1.80 bits per heavy atom. The molecule has 0 saturated heterocycles. The van der Waals surface area contributed by atoms with Crippen LogP contribution in [0.25, 0.3) is 0 Å². The number of Topliss-reactive ketones (excluding diaryl/α,β-unsaturated/α-hetero) is 1. The van der Waals surface area contributed by atoms with Crippen LogP contribution in [0.4, 0.5) is 0 Å². The van der Waals surface area contributed by atoms with Gasteiger partial charge in [0.15, 0.2) is 22.7 Å². The number of nitrogens with zero attached hydrogens (tertiary/aromatic N) is 1. The normalized spacial score (nSPS) is 10.6. The number of ether oxygens (including phenoxy) is 2. The van der Waals surface area contributed by atoms with Crippen LogP contribution in [-0.4, -0.2) is 30.5 Å². The molecule has 0 spiro atoms. The average Bonchev–Trinajstić information content (AvgIpc) is 2.58. The van der Waals surface area contributed by atoms with Crippen LogP contribution in [0.2, 0.25) is 0 Å². The first-order valence-corrected chi connectivity index (χ1v) is 8.79. The number of rotatable bonds is 8. The Morgan fingerprint density at radius 1 is 1.12 bits per heavy atom. The molecule has 2 rings (SSSR count). The number of benzene rings is 1. The molecule has 1 aromatic heterocycles. The van der Waals surface area contributed by atoms with Gasteiger partial charge in [-0.3, -0.25) is 13.8 Å². The van der Waals surface area contributed by atoms with Crippen molar-refractivity contribution in [2.24, 2.45) is 0 Å². The molecular formula is C18H21NO5S. The number of aryl methyl sites for hydroxylation is 2. The number of carbonyl (C=O) groups excluding carboxylic acids is 1. The minimum Gasteiger partial charge on any atom is -0.493 e. The summed E-state index contributed by atoms with van der Waals surface area (Å²) in [5, 5.41) is 0. The molecule has 0 N–H and O–H groups in total. The fourth-order valence-electron chi connectivity index (χ4n) is 2.47. The van der Waals surface area contributed by atoms with Gasteiger partial charge in [0.2, 0.25) is 6.79 Å². The van der Waals surface area contributed by atoms with E-state index >= 15 is 0 Å². The van der Waals surface area contributed by atoms with Crippen LogP contribution in [0.3, 0.4) is 0 Å². The predicted octanol–water partition coefficient (Wildman–Crippen LogP) is 2.99. The molecule has 25 heavy (non-hydrogen) atoms. The summed E-state index contributed by atoms with van der Waals surface area (Å²) in [6.45, 7) is 3.81. The Hall–Kier alpha value is -2.25. The summed E-state index contributed by atoms with van der Waals surface area (Å²) < 4.78 is 17.7. The molecule has 0 radical (unpaired) electrons. The molecule has 2 aromatic rings. The zero-order valence-corrected chi connectivity index (χ0v) is 15.5. The second-order valence-electron chi connectivity index (χ2n) is 5.40. The van der Waals surface area contributed by atoms with Gasteiger partial charge < -0.3 is 14.0 Å².